The Labute approximate surface area is 276 Å². The van der Waals surface area contributed by atoms with Gasteiger partial charge >= 0.3 is 5.97 Å². The number of rotatable bonds is 18. The Morgan fingerprint density at radius 2 is 1.66 bits per heavy atom. The quantitative estimate of drug-likeness (QED) is 0.0711. The number of benzene rings is 2. The number of amides is 2. The zero-order chi connectivity index (χ0) is 34.2. The molecule has 5 atom stereocenters. The first kappa shape index (κ1) is 37.5. The number of aliphatic hydroxyl groups excluding tert-OH is 2. The minimum absolute atomic E-state index is 0.0578. The highest BCUT2D eigenvalue weighted by atomic mass is 16.6. The van der Waals surface area contributed by atoms with Gasteiger partial charge in [0.2, 0.25) is 5.91 Å². The van der Waals surface area contributed by atoms with Crippen LogP contribution in [0.1, 0.15) is 76.7 Å². The van der Waals surface area contributed by atoms with Crippen molar-refractivity contribution in [1.29, 1.82) is 0 Å². The summed E-state index contributed by atoms with van der Waals surface area (Å²) in [5.74, 6) is -1.63. The molecule has 8 N–H and O–H groups in total. The monoisotopic (exact) mass is 655 g/mol. The smallest absolute Gasteiger partial charge is 0.331 e. The molecule has 5 unspecified atom stereocenters. The number of aliphatic hydroxyl groups is 3. The standard InChI is InChI=1S/C35H49N3O9/c1-2-3-4-5-6-7-21-46-27-17-13-25(14-18-27)37-33(43)28(9-8-20-36)38-34(44)35(45)22-29(40)32(42)30(23-35)47-31(41)19-12-24-10-15-26(39)16-11-24/h10-19,28-30,32,39-40,42,45H,2-9,20-23,36H2,1H3,(H,37,43)(H,38,44)/b19-12+. The van der Waals surface area contributed by atoms with Gasteiger partial charge in [-0.05, 0) is 73.8 Å². The lowest BCUT2D eigenvalue weighted by Gasteiger charge is -2.41. The molecule has 1 fully saturated rings. The molecule has 1 saturated carbocycles. The van der Waals surface area contributed by atoms with E-state index in [4.69, 9.17) is 15.2 Å². The van der Waals surface area contributed by atoms with Crippen molar-refractivity contribution in [3.63, 3.8) is 0 Å². The highest BCUT2D eigenvalue weighted by Crippen LogP contribution is 2.32. The van der Waals surface area contributed by atoms with Gasteiger partial charge in [0.1, 0.15) is 35.3 Å². The number of aromatic hydroxyl groups is 1. The molecule has 0 spiro atoms. The fourth-order valence-electron chi connectivity index (χ4n) is 5.31. The van der Waals surface area contributed by atoms with Crippen LogP contribution in [0, 0.1) is 0 Å². The molecule has 0 bridgehead atoms. The van der Waals surface area contributed by atoms with E-state index in [0.29, 0.717) is 30.0 Å². The molecule has 1 aliphatic rings. The molecule has 0 aromatic heterocycles. The molecular formula is C35H49N3O9. The van der Waals surface area contributed by atoms with Crippen LogP contribution in [0.4, 0.5) is 5.69 Å². The predicted molar refractivity (Wildman–Crippen MR) is 177 cm³/mol. The number of anilines is 1. The number of phenolic OH excluding ortho intramolecular Hbond substituents is 1. The van der Waals surface area contributed by atoms with E-state index in [1.54, 1.807) is 36.4 Å². The highest BCUT2D eigenvalue weighted by Gasteiger charge is 2.50. The van der Waals surface area contributed by atoms with Crippen LogP contribution < -0.4 is 21.1 Å². The summed E-state index contributed by atoms with van der Waals surface area (Å²) in [4.78, 5) is 39.0. The number of unbranched alkanes of at least 4 members (excludes halogenated alkanes) is 5. The Kier molecular flexibility index (Phi) is 15.2. The van der Waals surface area contributed by atoms with Gasteiger partial charge in [-0.15, -0.1) is 0 Å². The number of esters is 1. The van der Waals surface area contributed by atoms with Crippen LogP contribution in [-0.2, 0) is 19.1 Å². The van der Waals surface area contributed by atoms with E-state index in [-0.39, 0.29) is 18.7 Å². The van der Waals surface area contributed by atoms with E-state index in [2.05, 4.69) is 17.6 Å². The molecule has 1 aliphatic carbocycles. The van der Waals surface area contributed by atoms with E-state index < -0.39 is 60.6 Å². The Morgan fingerprint density at radius 1 is 0.979 bits per heavy atom. The van der Waals surface area contributed by atoms with Crippen LogP contribution in [0.15, 0.2) is 54.6 Å². The fraction of sp³-hybridized carbons (Fsp3) is 0.514. The lowest BCUT2D eigenvalue weighted by Crippen LogP contribution is -2.61. The van der Waals surface area contributed by atoms with Gasteiger partial charge in [-0.2, -0.15) is 0 Å². The van der Waals surface area contributed by atoms with E-state index >= 15 is 0 Å². The first-order valence-electron chi connectivity index (χ1n) is 16.4. The normalized spacial score (nSPS) is 21.6. The van der Waals surface area contributed by atoms with Crippen LogP contribution in [-0.4, -0.2) is 81.3 Å². The number of phenols is 1. The van der Waals surface area contributed by atoms with E-state index in [1.165, 1.54) is 43.9 Å². The van der Waals surface area contributed by atoms with Gasteiger partial charge in [-0.25, -0.2) is 4.79 Å². The molecule has 2 aromatic rings. The first-order chi connectivity index (χ1) is 22.5. The molecule has 12 nitrogen and oxygen atoms in total. The number of hydrogen-bond donors (Lipinski definition) is 7. The molecule has 2 aromatic carbocycles. The SMILES string of the molecule is CCCCCCCCOc1ccc(NC(=O)C(CCCN)NC(=O)C2(O)CC(O)C(O)C(OC(=O)/C=C/c3ccc(O)cc3)C2)cc1. The largest absolute Gasteiger partial charge is 0.508 e. The average Bonchev–Trinajstić information content (AvgIpc) is 3.05. The minimum atomic E-state index is -2.25. The fourth-order valence-corrected chi connectivity index (χ4v) is 5.31. The third kappa shape index (κ3) is 12.3. The van der Waals surface area contributed by atoms with Crippen molar-refractivity contribution in [2.45, 2.75) is 101 Å². The maximum absolute atomic E-state index is 13.4. The molecular weight excluding hydrogens is 606 g/mol. The summed E-state index contributed by atoms with van der Waals surface area (Å²) in [6.07, 6.45) is 4.44. The van der Waals surface area contributed by atoms with E-state index in [0.717, 1.165) is 18.9 Å². The summed E-state index contributed by atoms with van der Waals surface area (Å²) in [6, 6.07) is 11.8. The van der Waals surface area contributed by atoms with Crippen molar-refractivity contribution in [3.8, 4) is 11.5 Å². The van der Waals surface area contributed by atoms with Crippen molar-refractivity contribution in [2.75, 3.05) is 18.5 Å². The second-order valence-electron chi connectivity index (χ2n) is 12.0. The van der Waals surface area contributed by atoms with Crippen molar-refractivity contribution < 1.29 is 44.3 Å². The molecule has 12 heteroatoms. The van der Waals surface area contributed by atoms with E-state index in [9.17, 15) is 34.8 Å². The second-order valence-corrected chi connectivity index (χ2v) is 12.0. The number of hydrogen-bond acceptors (Lipinski definition) is 10. The molecule has 47 heavy (non-hydrogen) atoms. The molecule has 258 valence electrons. The number of carbonyl (C=O) groups is 3. The first-order valence-corrected chi connectivity index (χ1v) is 16.4. The van der Waals surface area contributed by atoms with Gasteiger partial charge < -0.3 is 46.3 Å². The van der Waals surface area contributed by atoms with Crippen LogP contribution in [0.25, 0.3) is 6.08 Å². The topological polar surface area (TPSA) is 201 Å². The maximum atomic E-state index is 13.4. The minimum Gasteiger partial charge on any atom is -0.508 e. The van der Waals surface area contributed by atoms with E-state index in [1.807, 2.05) is 0 Å². The Bertz CT molecular complexity index is 1300. The van der Waals surface area contributed by atoms with Crippen molar-refractivity contribution in [1.82, 2.24) is 5.32 Å². The number of nitrogens with one attached hydrogen (secondary N) is 2. The lowest BCUT2D eigenvalue weighted by atomic mass is 9.78. The molecule has 0 radical (unpaired) electrons. The number of ether oxygens (including phenoxy) is 2. The molecule has 0 saturated heterocycles. The number of nitrogens with two attached hydrogens (primary N) is 1. The molecule has 3 rings (SSSR count). The maximum Gasteiger partial charge on any atom is 0.331 e. The summed E-state index contributed by atoms with van der Waals surface area (Å²) in [7, 11) is 0. The highest BCUT2D eigenvalue weighted by molar-refractivity contribution is 5.98. The summed E-state index contributed by atoms with van der Waals surface area (Å²) in [6.45, 7) is 3.05. The van der Waals surface area contributed by atoms with Gasteiger partial charge in [0, 0.05) is 24.6 Å². The Hall–Kier alpha value is -3.97. The summed E-state index contributed by atoms with van der Waals surface area (Å²) < 4.78 is 11.1. The Balaban J connectivity index is 1.57. The van der Waals surface area contributed by atoms with Gasteiger partial charge in [-0.3, -0.25) is 9.59 Å². The third-order valence-corrected chi connectivity index (χ3v) is 8.06. The zero-order valence-electron chi connectivity index (χ0n) is 27.0. The average molecular weight is 656 g/mol. The summed E-state index contributed by atoms with van der Waals surface area (Å²) in [5, 5.41) is 46.9. The van der Waals surface area contributed by atoms with Gasteiger partial charge in [0.05, 0.1) is 12.7 Å². The van der Waals surface area contributed by atoms with Crippen molar-refractivity contribution in [2.24, 2.45) is 5.73 Å². The van der Waals surface area contributed by atoms with Crippen LogP contribution in [0.5, 0.6) is 11.5 Å². The zero-order valence-corrected chi connectivity index (χ0v) is 27.0. The van der Waals surface area contributed by atoms with Crippen molar-refractivity contribution >= 4 is 29.5 Å². The molecule has 2 amide bonds. The van der Waals surface area contributed by atoms with Crippen LogP contribution in [0.3, 0.4) is 0 Å². The van der Waals surface area contributed by atoms with Crippen LogP contribution in [0.2, 0.25) is 0 Å². The van der Waals surface area contributed by atoms with Crippen molar-refractivity contribution in [3.05, 3.63) is 60.2 Å². The third-order valence-electron chi connectivity index (χ3n) is 8.06. The summed E-state index contributed by atoms with van der Waals surface area (Å²) >= 11 is 0. The predicted octanol–water partition coefficient (Wildman–Crippen LogP) is 3.17. The van der Waals surface area contributed by atoms with Gasteiger partial charge in [0.15, 0.2) is 0 Å². The number of carbonyl (C=O) groups excluding carboxylic acids is 3. The Morgan fingerprint density at radius 3 is 2.34 bits per heavy atom. The van der Waals surface area contributed by atoms with Crippen LogP contribution >= 0.6 is 0 Å². The second kappa shape index (κ2) is 19.0. The molecule has 0 aliphatic heterocycles. The lowest BCUT2D eigenvalue weighted by molar-refractivity contribution is -0.187. The summed E-state index contributed by atoms with van der Waals surface area (Å²) in [5.41, 5.74) is 4.48. The van der Waals surface area contributed by atoms with Gasteiger partial charge in [0.25, 0.3) is 5.91 Å². The molecule has 0 heterocycles. The van der Waals surface area contributed by atoms with Gasteiger partial charge in [-0.1, -0.05) is 51.2 Å².